The highest BCUT2D eigenvalue weighted by molar-refractivity contribution is 5.94. The van der Waals surface area contributed by atoms with E-state index in [1.807, 2.05) is 47.3 Å². The van der Waals surface area contributed by atoms with Crippen molar-refractivity contribution < 1.29 is 14.3 Å². The van der Waals surface area contributed by atoms with Crippen molar-refractivity contribution in [3.63, 3.8) is 0 Å². The maximum Gasteiger partial charge on any atom is 0.251 e. The highest BCUT2D eigenvalue weighted by Crippen LogP contribution is 2.22. The summed E-state index contributed by atoms with van der Waals surface area (Å²) in [5.41, 5.74) is 8.08. The van der Waals surface area contributed by atoms with E-state index in [0.717, 1.165) is 11.4 Å². The molecule has 1 aromatic heterocycles. The molecule has 3 N–H and O–H groups in total. The molecule has 2 amide bonds. The van der Waals surface area contributed by atoms with Gasteiger partial charge < -0.3 is 15.8 Å². The summed E-state index contributed by atoms with van der Waals surface area (Å²) in [4.78, 5) is 23.5. The van der Waals surface area contributed by atoms with Crippen LogP contribution in [0.4, 0.5) is 0 Å². The van der Waals surface area contributed by atoms with Gasteiger partial charge in [0.15, 0.2) is 0 Å². The van der Waals surface area contributed by atoms with Gasteiger partial charge in [-0.3, -0.25) is 9.59 Å². The van der Waals surface area contributed by atoms with Crippen LogP contribution in [0.5, 0.6) is 11.5 Å². The molecule has 0 aliphatic heterocycles. The molecule has 7 nitrogen and oxygen atoms in total. The number of nitrogens with two attached hydrogens (primary N) is 1. The number of ether oxygens (including phenoxy) is 1. The van der Waals surface area contributed by atoms with Crippen LogP contribution in [-0.2, 0) is 6.42 Å². The first-order valence-electron chi connectivity index (χ1n) is 10.1. The number of carbonyl (C=O) groups excluding carboxylic acids is 2. The lowest BCUT2D eigenvalue weighted by Gasteiger charge is -2.08. The van der Waals surface area contributed by atoms with Gasteiger partial charge in [0.1, 0.15) is 11.5 Å². The van der Waals surface area contributed by atoms with Crippen molar-refractivity contribution in [1.82, 2.24) is 15.1 Å². The normalized spacial score (nSPS) is 10.5. The lowest BCUT2D eigenvalue weighted by atomic mass is 10.2. The minimum absolute atomic E-state index is 0.162. The SMILES string of the molecule is NC(=O)c1ccc(Oc2ccc(C(=O)NCCc3ccn(-c4ccccc4)n3)cc2)cc1. The quantitative estimate of drug-likeness (QED) is 0.448. The first-order chi connectivity index (χ1) is 15.6. The molecular formula is C25H22N4O3. The van der Waals surface area contributed by atoms with Gasteiger partial charge in [0.05, 0.1) is 11.4 Å². The van der Waals surface area contributed by atoms with E-state index in [2.05, 4.69) is 10.4 Å². The summed E-state index contributed by atoms with van der Waals surface area (Å²) in [5, 5.41) is 7.45. The molecule has 0 saturated carbocycles. The van der Waals surface area contributed by atoms with Crippen LogP contribution in [0.25, 0.3) is 5.69 Å². The number of nitrogens with zero attached hydrogens (tertiary/aromatic N) is 2. The molecule has 4 aromatic rings. The van der Waals surface area contributed by atoms with Crippen molar-refractivity contribution in [3.8, 4) is 17.2 Å². The molecular weight excluding hydrogens is 404 g/mol. The number of hydrogen-bond donors (Lipinski definition) is 2. The van der Waals surface area contributed by atoms with Gasteiger partial charge in [-0.1, -0.05) is 18.2 Å². The Morgan fingerprint density at radius 1 is 0.844 bits per heavy atom. The van der Waals surface area contributed by atoms with Crippen LogP contribution in [-0.4, -0.2) is 28.1 Å². The summed E-state index contributed by atoms with van der Waals surface area (Å²) in [6.45, 7) is 0.481. The van der Waals surface area contributed by atoms with Crippen molar-refractivity contribution in [3.05, 3.63) is 108 Å². The van der Waals surface area contributed by atoms with E-state index in [4.69, 9.17) is 10.5 Å². The van der Waals surface area contributed by atoms with Gasteiger partial charge in [-0.05, 0) is 66.7 Å². The number of carbonyl (C=O) groups is 2. The Morgan fingerprint density at radius 3 is 2.09 bits per heavy atom. The van der Waals surface area contributed by atoms with E-state index in [1.165, 1.54) is 0 Å². The summed E-state index contributed by atoms with van der Waals surface area (Å²) in [6, 6.07) is 25.2. The molecule has 32 heavy (non-hydrogen) atoms. The Hall–Kier alpha value is -4.39. The Bertz CT molecular complexity index is 1200. The third-order valence-electron chi connectivity index (χ3n) is 4.82. The molecule has 3 aromatic carbocycles. The maximum atomic E-state index is 12.4. The van der Waals surface area contributed by atoms with Crippen LogP contribution < -0.4 is 15.8 Å². The molecule has 0 atom stereocenters. The fourth-order valence-corrected chi connectivity index (χ4v) is 3.12. The van der Waals surface area contributed by atoms with E-state index in [9.17, 15) is 9.59 Å². The Kier molecular flexibility index (Phi) is 6.27. The van der Waals surface area contributed by atoms with E-state index in [1.54, 1.807) is 48.5 Å². The highest BCUT2D eigenvalue weighted by atomic mass is 16.5. The average Bonchev–Trinajstić information content (AvgIpc) is 3.29. The van der Waals surface area contributed by atoms with Gasteiger partial charge in [-0.15, -0.1) is 0 Å². The van der Waals surface area contributed by atoms with Gasteiger partial charge >= 0.3 is 0 Å². The first kappa shape index (κ1) is 20.9. The second kappa shape index (κ2) is 9.61. The van der Waals surface area contributed by atoms with Crippen LogP contribution in [0, 0.1) is 0 Å². The number of hydrogen-bond acceptors (Lipinski definition) is 4. The third kappa shape index (κ3) is 5.20. The van der Waals surface area contributed by atoms with Crippen molar-refractivity contribution in [2.24, 2.45) is 5.73 Å². The first-order valence-corrected chi connectivity index (χ1v) is 10.1. The lowest BCUT2D eigenvalue weighted by Crippen LogP contribution is -2.25. The summed E-state index contributed by atoms with van der Waals surface area (Å²) in [5.74, 6) is 0.503. The molecule has 4 rings (SSSR count). The maximum absolute atomic E-state index is 12.4. The summed E-state index contributed by atoms with van der Waals surface area (Å²) < 4.78 is 7.55. The summed E-state index contributed by atoms with van der Waals surface area (Å²) >= 11 is 0. The molecule has 7 heteroatoms. The zero-order valence-corrected chi connectivity index (χ0v) is 17.3. The molecule has 0 fully saturated rings. The van der Waals surface area contributed by atoms with Crippen LogP contribution >= 0.6 is 0 Å². The molecule has 0 aliphatic carbocycles. The number of aromatic nitrogens is 2. The molecule has 1 heterocycles. The summed E-state index contributed by atoms with van der Waals surface area (Å²) in [6.07, 6.45) is 2.54. The van der Waals surface area contributed by atoms with Crippen molar-refractivity contribution >= 4 is 11.8 Å². The van der Waals surface area contributed by atoms with Crippen molar-refractivity contribution in [1.29, 1.82) is 0 Å². The van der Waals surface area contributed by atoms with E-state index < -0.39 is 5.91 Å². The highest BCUT2D eigenvalue weighted by Gasteiger charge is 2.07. The second-order valence-corrected chi connectivity index (χ2v) is 7.11. The zero-order chi connectivity index (χ0) is 22.3. The second-order valence-electron chi connectivity index (χ2n) is 7.11. The van der Waals surface area contributed by atoms with Crippen molar-refractivity contribution in [2.75, 3.05) is 6.54 Å². The number of nitrogens with one attached hydrogen (secondary N) is 1. The van der Waals surface area contributed by atoms with Gasteiger partial charge in [0, 0.05) is 30.3 Å². The van der Waals surface area contributed by atoms with Gasteiger partial charge in [-0.2, -0.15) is 5.10 Å². The van der Waals surface area contributed by atoms with E-state index >= 15 is 0 Å². The topological polar surface area (TPSA) is 99.2 Å². The molecule has 0 bridgehead atoms. The number of para-hydroxylation sites is 1. The van der Waals surface area contributed by atoms with E-state index in [-0.39, 0.29) is 5.91 Å². The largest absolute Gasteiger partial charge is 0.457 e. The summed E-state index contributed by atoms with van der Waals surface area (Å²) in [7, 11) is 0. The number of amides is 2. The third-order valence-corrected chi connectivity index (χ3v) is 4.82. The minimum atomic E-state index is -0.489. The molecule has 160 valence electrons. The fraction of sp³-hybridized carbons (Fsp3) is 0.0800. The molecule has 0 saturated heterocycles. The van der Waals surface area contributed by atoms with Crippen LogP contribution in [0.1, 0.15) is 26.4 Å². The van der Waals surface area contributed by atoms with Crippen LogP contribution in [0.2, 0.25) is 0 Å². The molecule has 0 radical (unpaired) electrons. The van der Waals surface area contributed by atoms with Crippen LogP contribution in [0.15, 0.2) is 91.1 Å². The number of rotatable bonds is 8. The lowest BCUT2D eigenvalue weighted by molar-refractivity contribution is 0.0952. The standard InChI is InChI=1S/C25H22N4O3/c26-24(30)18-6-10-22(11-7-18)32-23-12-8-19(9-13-23)25(31)27-16-14-20-15-17-29(28-20)21-4-2-1-3-5-21/h1-13,15,17H,14,16H2,(H2,26,30)(H,27,31). The van der Waals surface area contributed by atoms with Gasteiger partial charge in [0.2, 0.25) is 5.91 Å². The van der Waals surface area contributed by atoms with Crippen molar-refractivity contribution in [2.45, 2.75) is 6.42 Å². The smallest absolute Gasteiger partial charge is 0.251 e. The Balaban J connectivity index is 1.27. The molecule has 0 spiro atoms. The van der Waals surface area contributed by atoms with Gasteiger partial charge in [0.25, 0.3) is 5.91 Å². The predicted octanol–water partition coefficient (Wildman–Crippen LogP) is 3.74. The Labute approximate surface area is 185 Å². The number of benzene rings is 3. The molecule has 0 aliphatic rings. The monoisotopic (exact) mass is 426 g/mol. The average molecular weight is 426 g/mol. The Morgan fingerprint density at radius 2 is 1.47 bits per heavy atom. The van der Waals surface area contributed by atoms with E-state index in [0.29, 0.717) is 35.6 Å². The number of primary amides is 1. The van der Waals surface area contributed by atoms with Crippen LogP contribution in [0.3, 0.4) is 0 Å². The predicted molar refractivity (Wildman–Crippen MR) is 121 cm³/mol. The molecule has 0 unspecified atom stereocenters. The van der Waals surface area contributed by atoms with Gasteiger partial charge in [-0.25, -0.2) is 4.68 Å². The fourth-order valence-electron chi connectivity index (χ4n) is 3.12. The zero-order valence-electron chi connectivity index (χ0n) is 17.3. The minimum Gasteiger partial charge on any atom is -0.457 e.